The molecule has 2 unspecified atom stereocenters. The van der Waals surface area contributed by atoms with Crippen molar-refractivity contribution in [2.45, 2.75) is 90.0 Å². The molecule has 192 valence electrons. The van der Waals surface area contributed by atoms with Crippen molar-refractivity contribution in [3.63, 3.8) is 0 Å². The molecule has 4 rings (SSSR count). The second-order valence-electron chi connectivity index (χ2n) is 11.5. The van der Waals surface area contributed by atoms with Crippen LogP contribution in [0.15, 0.2) is 35.5 Å². The maximum atomic E-state index is 12.5. The van der Waals surface area contributed by atoms with Crippen molar-refractivity contribution in [2.24, 2.45) is 23.2 Å². The van der Waals surface area contributed by atoms with Gasteiger partial charge in [-0.25, -0.2) is 8.78 Å². The number of aliphatic hydroxyl groups is 2. The van der Waals surface area contributed by atoms with Gasteiger partial charge in [0, 0.05) is 26.1 Å². The minimum absolute atomic E-state index is 0.0584. The summed E-state index contributed by atoms with van der Waals surface area (Å²) >= 11 is 0. The molecule has 0 aromatic carbocycles. The van der Waals surface area contributed by atoms with Crippen LogP contribution in [-0.4, -0.2) is 66.1 Å². The molecule has 34 heavy (non-hydrogen) atoms. The van der Waals surface area contributed by atoms with E-state index in [1.54, 1.807) is 0 Å². The van der Waals surface area contributed by atoms with Crippen LogP contribution in [0.5, 0.6) is 0 Å². The van der Waals surface area contributed by atoms with E-state index in [-0.39, 0.29) is 11.5 Å². The van der Waals surface area contributed by atoms with E-state index in [1.807, 2.05) is 0 Å². The molecular weight excluding hydrogens is 436 g/mol. The molecular formula is C28H43F2NO3. The monoisotopic (exact) mass is 479 g/mol. The van der Waals surface area contributed by atoms with Crippen molar-refractivity contribution < 1.29 is 23.7 Å². The Balaban J connectivity index is 1.39. The molecule has 0 aromatic rings. The molecule has 0 radical (unpaired) electrons. The normalized spacial score (nSPS) is 40.4. The number of aliphatic hydroxyl groups excluding tert-OH is 2. The van der Waals surface area contributed by atoms with E-state index in [0.717, 1.165) is 43.6 Å². The number of allylic oxidation sites excluding steroid dienone is 3. The highest BCUT2D eigenvalue weighted by Crippen LogP contribution is 2.59. The van der Waals surface area contributed by atoms with Gasteiger partial charge in [0.15, 0.2) is 0 Å². The zero-order chi connectivity index (χ0) is 24.5. The van der Waals surface area contributed by atoms with Gasteiger partial charge in [-0.15, -0.1) is 0 Å². The van der Waals surface area contributed by atoms with Crippen molar-refractivity contribution in [3.05, 3.63) is 35.5 Å². The zero-order valence-corrected chi connectivity index (χ0v) is 20.9. The lowest BCUT2D eigenvalue weighted by Crippen LogP contribution is -2.39. The van der Waals surface area contributed by atoms with Crippen molar-refractivity contribution in [1.82, 2.24) is 4.90 Å². The Hall–Kier alpha value is -1.08. The average molecular weight is 480 g/mol. The number of hydrogen-bond acceptors (Lipinski definition) is 4. The number of rotatable bonds is 7. The van der Waals surface area contributed by atoms with Crippen molar-refractivity contribution in [2.75, 3.05) is 26.2 Å². The van der Waals surface area contributed by atoms with Gasteiger partial charge in [-0.2, -0.15) is 0 Å². The standard InChI is InChI=1S/C28H43F2NO3/c1-18(15-31-12-10-23(16-31)34-17-27(29)30)24-8-9-25-20(5-4-11-28(24,25)3)6-7-21-13-22(32)14-26(33)19(21)2/h6-7,18,22-27,32-33H,2,4-5,8-17H2,1,3H3/t18?,22-,23?,24-,25+,26+,28-/m1/s1. The molecule has 4 fully saturated rings. The summed E-state index contributed by atoms with van der Waals surface area (Å²) in [6, 6.07) is 0. The summed E-state index contributed by atoms with van der Waals surface area (Å²) in [6.07, 6.45) is 8.61. The molecule has 0 bridgehead atoms. The van der Waals surface area contributed by atoms with Gasteiger partial charge in [-0.3, -0.25) is 0 Å². The Kier molecular flexibility index (Phi) is 8.33. The molecule has 0 amide bonds. The Morgan fingerprint density at radius 2 is 2.03 bits per heavy atom. The number of hydrogen-bond donors (Lipinski definition) is 2. The van der Waals surface area contributed by atoms with Crippen LogP contribution < -0.4 is 0 Å². The van der Waals surface area contributed by atoms with Gasteiger partial charge >= 0.3 is 0 Å². The van der Waals surface area contributed by atoms with Gasteiger partial charge in [0.2, 0.25) is 0 Å². The van der Waals surface area contributed by atoms with Crippen LogP contribution in [0.2, 0.25) is 0 Å². The number of fused-ring (bicyclic) bond motifs is 1. The summed E-state index contributed by atoms with van der Waals surface area (Å²) in [4.78, 5) is 2.41. The molecule has 4 nitrogen and oxygen atoms in total. The third-order valence-electron chi connectivity index (χ3n) is 9.22. The molecule has 6 heteroatoms. The Bertz CT molecular complexity index is 797. The molecule has 1 aliphatic heterocycles. The summed E-state index contributed by atoms with van der Waals surface area (Å²) in [6.45, 7) is 11.2. The number of ether oxygens (including phenoxy) is 1. The highest BCUT2D eigenvalue weighted by atomic mass is 19.3. The second kappa shape index (κ2) is 10.9. The summed E-state index contributed by atoms with van der Waals surface area (Å²) in [5.41, 5.74) is 3.53. The highest BCUT2D eigenvalue weighted by molar-refractivity contribution is 5.38. The van der Waals surface area contributed by atoms with E-state index in [4.69, 9.17) is 4.74 Å². The van der Waals surface area contributed by atoms with Crippen molar-refractivity contribution >= 4 is 0 Å². The first-order valence-corrected chi connectivity index (χ1v) is 13.2. The molecule has 0 spiro atoms. The van der Waals surface area contributed by atoms with Crippen LogP contribution in [0, 0.1) is 23.2 Å². The summed E-state index contributed by atoms with van der Waals surface area (Å²) in [5, 5.41) is 20.2. The molecule has 3 aliphatic carbocycles. The van der Waals surface area contributed by atoms with Crippen LogP contribution in [0.1, 0.15) is 65.2 Å². The fourth-order valence-electron chi connectivity index (χ4n) is 7.52. The lowest BCUT2D eigenvalue weighted by Gasteiger charge is -2.45. The fraction of sp³-hybridized carbons (Fsp3) is 0.786. The third-order valence-corrected chi connectivity index (χ3v) is 9.22. The number of nitrogens with zero attached hydrogens (tertiary/aromatic N) is 1. The first-order chi connectivity index (χ1) is 16.2. The van der Waals surface area contributed by atoms with Crippen molar-refractivity contribution in [1.29, 1.82) is 0 Å². The van der Waals surface area contributed by atoms with Gasteiger partial charge in [-0.1, -0.05) is 38.2 Å². The zero-order valence-electron chi connectivity index (χ0n) is 20.9. The topological polar surface area (TPSA) is 52.9 Å². The van der Waals surface area contributed by atoms with E-state index in [1.165, 1.54) is 31.3 Å². The van der Waals surface area contributed by atoms with E-state index >= 15 is 0 Å². The molecule has 2 N–H and O–H groups in total. The van der Waals surface area contributed by atoms with Gasteiger partial charge in [0.1, 0.15) is 6.61 Å². The smallest absolute Gasteiger partial charge is 0.261 e. The Morgan fingerprint density at radius 3 is 2.79 bits per heavy atom. The average Bonchev–Trinajstić information content (AvgIpc) is 3.37. The molecule has 4 aliphatic rings. The maximum Gasteiger partial charge on any atom is 0.261 e. The van der Waals surface area contributed by atoms with E-state index in [9.17, 15) is 19.0 Å². The van der Waals surface area contributed by atoms with Gasteiger partial charge in [0.05, 0.1) is 18.3 Å². The van der Waals surface area contributed by atoms with Crippen LogP contribution in [0.25, 0.3) is 0 Å². The molecule has 0 aromatic heterocycles. The molecule has 3 saturated carbocycles. The predicted octanol–water partition coefficient (Wildman–Crippen LogP) is 5.12. The summed E-state index contributed by atoms with van der Waals surface area (Å²) < 4.78 is 30.3. The maximum absolute atomic E-state index is 12.5. The van der Waals surface area contributed by atoms with Gasteiger partial charge < -0.3 is 19.8 Å². The minimum atomic E-state index is -2.39. The minimum Gasteiger partial charge on any atom is -0.393 e. The predicted molar refractivity (Wildman–Crippen MR) is 131 cm³/mol. The summed E-state index contributed by atoms with van der Waals surface area (Å²) in [5.74, 6) is 1.80. The quantitative estimate of drug-likeness (QED) is 0.532. The van der Waals surface area contributed by atoms with Crippen molar-refractivity contribution in [3.8, 4) is 0 Å². The van der Waals surface area contributed by atoms with Crippen LogP contribution in [0.4, 0.5) is 8.78 Å². The van der Waals surface area contributed by atoms with Crippen LogP contribution >= 0.6 is 0 Å². The highest BCUT2D eigenvalue weighted by Gasteiger charge is 2.50. The van der Waals surface area contributed by atoms with Crippen LogP contribution in [0.3, 0.4) is 0 Å². The third kappa shape index (κ3) is 5.66. The second-order valence-corrected chi connectivity index (χ2v) is 11.5. The largest absolute Gasteiger partial charge is 0.393 e. The molecule has 7 atom stereocenters. The lowest BCUT2D eigenvalue weighted by atomic mass is 9.61. The van der Waals surface area contributed by atoms with Crippen LogP contribution in [-0.2, 0) is 4.74 Å². The summed E-state index contributed by atoms with van der Waals surface area (Å²) in [7, 11) is 0. The number of alkyl halides is 2. The number of halogens is 2. The lowest BCUT2D eigenvalue weighted by molar-refractivity contribution is -0.0207. The Labute approximate surface area is 203 Å². The molecule has 1 heterocycles. The van der Waals surface area contributed by atoms with Gasteiger partial charge in [0.25, 0.3) is 6.43 Å². The van der Waals surface area contributed by atoms with E-state index in [0.29, 0.717) is 30.6 Å². The first-order valence-electron chi connectivity index (χ1n) is 13.2. The first kappa shape index (κ1) is 26.0. The van der Waals surface area contributed by atoms with E-state index < -0.39 is 25.2 Å². The Morgan fingerprint density at radius 1 is 1.24 bits per heavy atom. The SMILES string of the molecule is C=C1C(=CC=C2CCC[C@]3(C)[C@@H](C(C)CN4CCC(OCC(F)F)C4)CC[C@@H]23)C[C@@H](O)C[C@@H]1O. The molecule has 1 saturated heterocycles. The number of likely N-dealkylation sites (tertiary alicyclic amines) is 1. The van der Waals surface area contributed by atoms with E-state index in [2.05, 4.69) is 37.5 Å². The fourth-order valence-corrected chi connectivity index (χ4v) is 7.52. The van der Waals surface area contributed by atoms with Gasteiger partial charge in [-0.05, 0) is 79.3 Å².